The number of aromatic nitrogens is 3. The summed E-state index contributed by atoms with van der Waals surface area (Å²) in [6.07, 6.45) is 1.21. The zero-order valence-electron chi connectivity index (χ0n) is 20.2. The van der Waals surface area contributed by atoms with Gasteiger partial charge in [-0.05, 0) is 57.9 Å². The topological polar surface area (TPSA) is 87.5 Å². The molecule has 8 nitrogen and oxygen atoms in total. The van der Waals surface area contributed by atoms with Gasteiger partial charge in [-0.3, -0.25) is 0 Å². The monoisotopic (exact) mass is 462 g/mol. The first-order valence-electron chi connectivity index (χ1n) is 11.4. The fourth-order valence-electron chi connectivity index (χ4n) is 3.87. The third-order valence-corrected chi connectivity index (χ3v) is 5.46. The first kappa shape index (κ1) is 23.4. The van der Waals surface area contributed by atoms with Gasteiger partial charge in [-0.15, -0.1) is 0 Å². The number of allylic oxidation sites excluding steroid dienone is 1. The van der Waals surface area contributed by atoms with Crippen molar-refractivity contribution in [2.24, 2.45) is 0 Å². The number of nitrogens with zero attached hydrogens (tertiary/aromatic N) is 3. The Hall–Kier alpha value is -3.81. The number of carbonyl (C=O) groups excluding carboxylic acids is 1. The minimum Gasteiger partial charge on any atom is -0.490 e. The summed E-state index contributed by atoms with van der Waals surface area (Å²) in [5, 5.41) is 7.52. The molecule has 1 atom stereocenters. The molecule has 0 amide bonds. The molecule has 4 rings (SSSR count). The molecule has 1 N–H and O–H groups in total. The largest absolute Gasteiger partial charge is 0.490 e. The molecule has 0 bridgehead atoms. The molecule has 0 fully saturated rings. The summed E-state index contributed by atoms with van der Waals surface area (Å²) in [4.78, 5) is 17.3. The summed E-state index contributed by atoms with van der Waals surface area (Å²) in [6, 6.07) is 13.4. The lowest BCUT2D eigenvalue weighted by atomic mass is 9.95. The van der Waals surface area contributed by atoms with Gasteiger partial charge in [0.1, 0.15) is 19.0 Å². The Bertz CT molecular complexity index is 1200. The fourth-order valence-corrected chi connectivity index (χ4v) is 3.87. The Morgan fingerprint density at radius 2 is 1.85 bits per heavy atom. The molecule has 1 unspecified atom stereocenters. The summed E-state index contributed by atoms with van der Waals surface area (Å²) >= 11 is 0. The van der Waals surface area contributed by atoms with Crippen molar-refractivity contribution in [2.75, 3.05) is 11.9 Å². The second kappa shape index (κ2) is 9.99. The Morgan fingerprint density at radius 1 is 1.09 bits per heavy atom. The Kier molecular flexibility index (Phi) is 6.86. The first-order chi connectivity index (χ1) is 16.4. The standard InChI is InChI=1S/C26H30N4O4/c1-6-32-22-13-20(11-12-21(22)33-14-19-9-7-17(4)8-10-19)24-23(25(31)34-16(2)3)18(5)29-26-27-15-28-30(24)26/h7-13,15-16,24H,6,14H2,1-5H3,(H,27,28,29). The maximum absolute atomic E-state index is 13.1. The molecule has 3 aromatic rings. The van der Waals surface area contributed by atoms with Crippen LogP contribution >= 0.6 is 0 Å². The molecular weight excluding hydrogens is 432 g/mol. The maximum atomic E-state index is 13.1. The van der Waals surface area contributed by atoms with E-state index in [-0.39, 0.29) is 6.10 Å². The van der Waals surface area contributed by atoms with Crippen LogP contribution in [0.3, 0.4) is 0 Å². The van der Waals surface area contributed by atoms with Gasteiger partial charge in [0, 0.05) is 5.70 Å². The molecular formula is C26H30N4O4. The van der Waals surface area contributed by atoms with E-state index in [0.29, 0.717) is 41.9 Å². The van der Waals surface area contributed by atoms with Crippen molar-refractivity contribution in [3.05, 3.63) is 76.8 Å². The van der Waals surface area contributed by atoms with Crippen molar-refractivity contribution in [3.63, 3.8) is 0 Å². The third-order valence-electron chi connectivity index (χ3n) is 5.46. The molecule has 0 saturated carbocycles. The summed E-state index contributed by atoms with van der Waals surface area (Å²) in [5.74, 6) is 1.39. The number of fused-ring (bicyclic) bond motifs is 1. The quantitative estimate of drug-likeness (QED) is 0.481. The molecule has 0 saturated heterocycles. The summed E-state index contributed by atoms with van der Waals surface area (Å²) in [5.41, 5.74) is 4.23. The molecule has 1 aliphatic rings. The molecule has 0 spiro atoms. The van der Waals surface area contributed by atoms with Gasteiger partial charge in [-0.1, -0.05) is 35.9 Å². The predicted molar refractivity (Wildman–Crippen MR) is 129 cm³/mol. The van der Waals surface area contributed by atoms with Crippen LogP contribution in [0.2, 0.25) is 0 Å². The lowest BCUT2D eigenvalue weighted by Crippen LogP contribution is -2.30. The number of nitrogens with one attached hydrogen (secondary N) is 1. The number of aryl methyl sites for hydroxylation is 1. The lowest BCUT2D eigenvalue weighted by Gasteiger charge is -2.29. The zero-order chi connectivity index (χ0) is 24.2. The van der Waals surface area contributed by atoms with Gasteiger partial charge in [0.15, 0.2) is 11.5 Å². The Morgan fingerprint density at radius 3 is 2.56 bits per heavy atom. The van der Waals surface area contributed by atoms with Crippen LogP contribution in [0.25, 0.3) is 0 Å². The van der Waals surface area contributed by atoms with E-state index in [9.17, 15) is 4.79 Å². The van der Waals surface area contributed by atoms with Gasteiger partial charge in [-0.2, -0.15) is 10.1 Å². The number of ether oxygens (including phenoxy) is 3. The van der Waals surface area contributed by atoms with Gasteiger partial charge in [0.2, 0.25) is 5.95 Å². The van der Waals surface area contributed by atoms with Crippen molar-refractivity contribution >= 4 is 11.9 Å². The molecule has 1 aliphatic heterocycles. The van der Waals surface area contributed by atoms with Crippen LogP contribution in [-0.2, 0) is 16.1 Å². The zero-order valence-corrected chi connectivity index (χ0v) is 20.2. The SMILES string of the molecule is CCOc1cc(C2C(C(=O)OC(C)C)=C(C)Nc3ncnn32)ccc1OCc1ccc(C)cc1. The van der Waals surface area contributed by atoms with Crippen LogP contribution in [0.1, 0.15) is 50.4 Å². The van der Waals surface area contributed by atoms with Crippen LogP contribution in [-0.4, -0.2) is 33.4 Å². The van der Waals surface area contributed by atoms with E-state index in [0.717, 1.165) is 11.1 Å². The highest BCUT2D eigenvalue weighted by Gasteiger charge is 2.35. The van der Waals surface area contributed by atoms with E-state index in [1.54, 1.807) is 4.68 Å². The Labute approximate surface area is 199 Å². The normalized spacial score (nSPS) is 15.1. The van der Waals surface area contributed by atoms with Crippen LogP contribution in [0.4, 0.5) is 5.95 Å². The second-order valence-electron chi connectivity index (χ2n) is 8.46. The van der Waals surface area contributed by atoms with Gasteiger partial charge < -0.3 is 19.5 Å². The number of anilines is 1. The molecule has 0 radical (unpaired) electrons. The average Bonchev–Trinajstić information content (AvgIpc) is 3.26. The molecule has 8 heteroatoms. The molecule has 178 valence electrons. The summed E-state index contributed by atoms with van der Waals surface area (Å²) < 4.78 is 19.2. The number of benzene rings is 2. The highest BCUT2D eigenvalue weighted by molar-refractivity contribution is 5.92. The number of esters is 1. The van der Waals surface area contributed by atoms with E-state index in [2.05, 4.69) is 34.5 Å². The molecule has 2 heterocycles. The van der Waals surface area contributed by atoms with E-state index < -0.39 is 12.0 Å². The van der Waals surface area contributed by atoms with E-state index >= 15 is 0 Å². The van der Waals surface area contributed by atoms with Crippen LogP contribution < -0.4 is 14.8 Å². The highest BCUT2D eigenvalue weighted by atomic mass is 16.5. The number of hydrogen-bond acceptors (Lipinski definition) is 7. The van der Waals surface area contributed by atoms with Crippen molar-refractivity contribution in [1.82, 2.24) is 14.8 Å². The maximum Gasteiger partial charge on any atom is 0.338 e. The minimum absolute atomic E-state index is 0.248. The average molecular weight is 463 g/mol. The van der Waals surface area contributed by atoms with Crippen molar-refractivity contribution in [2.45, 2.75) is 53.4 Å². The second-order valence-corrected chi connectivity index (χ2v) is 8.46. The van der Waals surface area contributed by atoms with E-state index in [1.807, 2.05) is 58.0 Å². The van der Waals surface area contributed by atoms with E-state index in [4.69, 9.17) is 14.2 Å². The molecule has 1 aromatic heterocycles. The van der Waals surface area contributed by atoms with Crippen LogP contribution in [0.5, 0.6) is 11.5 Å². The molecule has 2 aromatic carbocycles. The highest BCUT2D eigenvalue weighted by Crippen LogP contribution is 2.39. The number of hydrogen-bond donors (Lipinski definition) is 1. The smallest absolute Gasteiger partial charge is 0.338 e. The van der Waals surface area contributed by atoms with Crippen molar-refractivity contribution in [3.8, 4) is 11.5 Å². The lowest BCUT2D eigenvalue weighted by molar-refractivity contribution is -0.143. The van der Waals surface area contributed by atoms with Gasteiger partial charge in [0.25, 0.3) is 0 Å². The van der Waals surface area contributed by atoms with E-state index in [1.165, 1.54) is 11.9 Å². The van der Waals surface area contributed by atoms with Crippen LogP contribution in [0, 0.1) is 6.92 Å². The summed E-state index contributed by atoms with van der Waals surface area (Å²) in [6.45, 7) is 10.4. The molecule has 0 aliphatic carbocycles. The van der Waals surface area contributed by atoms with Crippen molar-refractivity contribution in [1.29, 1.82) is 0 Å². The minimum atomic E-state index is -0.518. The van der Waals surface area contributed by atoms with Gasteiger partial charge >= 0.3 is 5.97 Å². The molecule has 34 heavy (non-hydrogen) atoms. The third kappa shape index (κ3) is 4.90. The number of rotatable bonds is 8. The van der Waals surface area contributed by atoms with Gasteiger partial charge in [-0.25, -0.2) is 9.48 Å². The summed E-state index contributed by atoms with van der Waals surface area (Å²) in [7, 11) is 0. The van der Waals surface area contributed by atoms with Crippen LogP contribution in [0.15, 0.2) is 60.1 Å². The first-order valence-corrected chi connectivity index (χ1v) is 11.4. The van der Waals surface area contributed by atoms with Gasteiger partial charge in [0.05, 0.1) is 18.3 Å². The fraction of sp³-hybridized carbons (Fsp3) is 0.346. The Balaban J connectivity index is 1.69. The number of carbonyl (C=O) groups is 1. The van der Waals surface area contributed by atoms with Crippen molar-refractivity contribution < 1.29 is 19.0 Å². The predicted octanol–water partition coefficient (Wildman–Crippen LogP) is 4.80.